The highest BCUT2D eigenvalue weighted by atomic mass is 16.5. The zero-order valence-corrected chi connectivity index (χ0v) is 16.4. The number of imidazole rings is 1. The van der Waals surface area contributed by atoms with Crippen LogP contribution in [0.1, 0.15) is 59.2 Å². The Kier molecular flexibility index (Phi) is 4.87. The van der Waals surface area contributed by atoms with Gasteiger partial charge in [-0.15, -0.1) is 0 Å². The lowest BCUT2D eigenvalue weighted by Gasteiger charge is -2.32. The number of amides is 1. The van der Waals surface area contributed by atoms with Gasteiger partial charge >= 0.3 is 0 Å². The maximum absolute atomic E-state index is 13.0. The minimum atomic E-state index is 0.105. The summed E-state index contributed by atoms with van der Waals surface area (Å²) in [5, 5.41) is 4.11. The standard InChI is InChI=1S/C22H25N5O2/c28-22(19-5-3-16(4-6-19)13-26-11-9-23-15-26)27-10-1-2-17(14-27)12-20-24-21(25-29-20)18-7-8-18/h3-6,9,11,15,17-18H,1-2,7-8,10,12-14H2/t17-/m1/s1. The lowest BCUT2D eigenvalue weighted by molar-refractivity contribution is 0.0668. The van der Waals surface area contributed by atoms with E-state index in [0.717, 1.165) is 61.7 Å². The van der Waals surface area contributed by atoms with E-state index in [1.165, 1.54) is 12.8 Å². The van der Waals surface area contributed by atoms with E-state index in [4.69, 9.17) is 4.52 Å². The van der Waals surface area contributed by atoms with Crippen LogP contribution in [-0.2, 0) is 13.0 Å². The van der Waals surface area contributed by atoms with Crippen LogP contribution in [0.2, 0.25) is 0 Å². The molecule has 1 aromatic carbocycles. The van der Waals surface area contributed by atoms with Crippen molar-refractivity contribution < 1.29 is 9.32 Å². The number of likely N-dealkylation sites (tertiary alicyclic amines) is 1. The molecule has 0 unspecified atom stereocenters. The van der Waals surface area contributed by atoms with Crippen LogP contribution in [-0.4, -0.2) is 43.6 Å². The van der Waals surface area contributed by atoms with E-state index in [0.29, 0.717) is 11.8 Å². The predicted molar refractivity (Wildman–Crippen MR) is 106 cm³/mol. The second-order valence-electron chi connectivity index (χ2n) is 8.22. The van der Waals surface area contributed by atoms with Crippen molar-refractivity contribution in [2.75, 3.05) is 13.1 Å². The summed E-state index contributed by atoms with van der Waals surface area (Å²) >= 11 is 0. The first-order chi connectivity index (χ1) is 14.2. The van der Waals surface area contributed by atoms with Crippen molar-refractivity contribution in [1.82, 2.24) is 24.6 Å². The van der Waals surface area contributed by atoms with Crippen molar-refractivity contribution in [3.63, 3.8) is 0 Å². The summed E-state index contributed by atoms with van der Waals surface area (Å²) < 4.78 is 7.45. The van der Waals surface area contributed by atoms with Crippen molar-refractivity contribution in [3.8, 4) is 0 Å². The van der Waals surface area contributed by atoms with E-state index >= 15 is 0 Å². The van der Waals surface area contributed by atoms with Gasteiger partial charge in [-0.1, -0.05) is 17.3 Å². The quantitative estimate of drug-likeness (QED) is 0.644. The lowest BCUT2D eigenvalue weighted by Crippen LogP contribution is -2.40. The van der Waals surface area contributed by atoms with Crippen LogP contribution in [0, 0.1) is 5.92 Å². The monoisotopic (exact) mass is 391 g/mol. The summed E-state index contributed by atoms with van der Waals surface area (Å²) in [5.74, 6) is 2.57. The summed E-state index contributed by atoms with van der Waals surface area (Å²) in [5.41, 5.74) is 1.90. The van der Waals surface area contributed by atoms with Gasteiger partial charge < -0.3 is 14.0 Å². The SMILES string of the molecule is O=C(c1ccc(Cn2ccnc2)cc1)N1CCC[C@H](Cc2nc(C3CC3)no2)C1. The minimum Gasteiger partial charge on any atom is -0.339 e. The fourth-order valence-electron chi connectivity index (χ4n) is 4.05. The van der Waals surface area contributed by atoms with Crippen LogP contribution in [0.3, 0.4) is 0 Å². The molecule has 1 amide bonds. The van der Waals surface area contributed by atoms with E-state index in [9.17, 15) is 4.79 Å². The molecule has 1 saturated carbocycles. The van der Waals surface area contributed by atoms with Crippen LogP contribution in [0.25, 0.3) is 0 Å². The molecule has 150 valence electrons. The largest absolute Gasteiger partial charge is 0.339 e. The highest BCUT2D eigenvalue weighted by molar-refractivity contribution is 5.94. The first kappa shape index (κ1) is 18.1. The number of hydrogen-bond acceptors (Lipinski definition) is 5. The van der Waals surface area contributed by atoms with E-state index in [2.05, 4.69) is 15.1 Å². The van der Waals surface area contributed by atoms with Gasteiger partial charge in [0.15, 0.2) is 5.82 Å². The summed E-state index contributed by atoms with van der Waals surface area (Å²) in [6.07, 6.45) is 10.7. The molecule has 1 saturated heterocycles. The molecule has 29 heavy (non-hydrogen) atoms. The zero-order chi connectivity index (χ0) is 19.6. The number of nitrogens with zero attached hydrogens (tertiary/aromatic N) is 5. The number of benzene rings is 1. The van der Waals surface area contributed by atoms with Gasteiger partial charge in [0.2, 0.25) is 5.89 Å². The average molecular weight is 391 g/mol. The molecule has 5 rings (SSSR count). The number of carbonyl (C=O) groups is 1. The maximum atomic E-state index is 13.0. The van der Waals surface area contributed by atoms with Gasteiger partial charge in [-0.25, -0.2) is 4.98 Å². The maximum Gasteiger partial charge on any atom is 0.253 e. The van der Waals surface area contributed by atoms with Crippen molar-refractivity contribution in [2.45, 2.75) is 44.6 Å². The van der Waals surface area contributed by atoms with Crippen LogP contribution in [0.4, 0.5) is 0 Å². The highest BCUT2D eigenvalue weighted by Crippen LogP contribution is 2.38. The lowest BCUT2D eigenvalue weighted by atomic mass is 9.94. The van der Waals surface area contributed by atoms with Crippen LogP contribution in [0.5, 0.6) is 0 Å². The minimum absolute atomic E-state index is 0.105. The fraction of sp³-hybridized carbons (Fsp3) is 0.455. The van der Waals surface area contributed by atoms with E-state index < -0.39 is 0 Å². The van der Waals surface area contributed by atoms with E-state index in [-0.39, 0.29) is 5.91 Å². The number of hydrogen-bond donors (Lipinski definition) is 0. The molecule has 0 bridgehead atoms. The molecule has 2 aliphatic rings. The Balaban J connectivity index is 1.19. The number of aromatic nitrogens is 4. The van der Waals surface area contributed by atoms with Gasteiger partial charge in [0, 0.05) is 49.9 Å². The Morgan fingerprint density at radius 2 is 2.03 bits per heavy atom. The normalized spacial score (nSPS) is 19.4. The first-order valence-corrected chi connectivity index (χ1v) is 10.4. The van der Waals surface area contributed by atoms with Gasteiger partial charge in [-0.05, 0) is 49.3 Å². The van der Waals surface area contributed by atoms with E-state index in [1.54, 1.807) is 12.5 Å². The van der Waals surface area contributed by atoms with Crippen molar-refractivity contribution in [3.05, 3.63) is 65.8 Å². The summed E-state index contributed by atoms with van der Waals surface area (Å²) in [6, 6.07) is 7.90. The summed E-state index contributed by atoms with van der Waals surface area (Å²) in [4.78, 5) is 23.6. The summed E-state index contributed by atoms with van der Waals surface area (Å²) in [7, 11) is 0. The Morgan fingerprint density at radius 1 is 1.17 bits per heavy atom. The fourth-order valence-corrected chi connectivity index (χ4v) is 4.05. The first-order valence-electron chi connectivity index (χ1n) is 10.4. The Bertz CT molecular complexity index is 960. The molecule has 0 radical (unpaired) electrons. The molecule has 7 nitrogen and oxygen atoms in total. The zero-order valence-electron chi connectivity index (χ0n) is 16.4. The van der Waals surface area contributed by atoms with E-state index in [1.807, 2.05) is 39.9 Å². The molecular weight excluding hydrogens is 366 g/mol. The smallest absolute Gasteiger partial charge is 0.253 e. The van der Waals surface area contributed by atoms with Gasteiger partial charge in [0.25, 0.3) is 5.91 Å². The molecule has 7 heteroatoms. The Morgan fingerprint density at radius 3 is 2.79 bits per heavy atom. The number of carbonyl (C=O) groups excluding carboxylic acids is 1. The van der Waals surface area contributed by atoms with Gasteiger partial charge in [0.05, 0.1) is 6.33 Å². The Labute approximate surface area is 169 Å². The third kappa shape index (κ3) is 4.23. The molecule has 3 aromatic rings. The number of rotatable bonds is 6. The predicted octanol–water partition coefficient (Wildman–Crippen LogP) is 3.29. The number of piperidine rings is 1. The highest BCUT2D eigenvalue weighted by Gasteiger charge is 2.30. The molecule has 2 aromatic heterocycles. The van der Waals surface area contributed by atoms with Crippen LogP contribution in [0.15, 0.2) is 47.5 Å². The molecule has 0 N–H and O–H groups in total. The van der Waals surface area contributed by atoms with Crippen LogP contribution >= 0.6 is 0 Å². The van der Waals surface area contributed by atoms with Gasteiger partial charge in [-0.2, -0.15) is 4.98 Å². The van der Waals surface area contributed by atoms with Gasteiger partial charge in [-0.3, -0.25) is 4.79 Å². The second-order valence-corrected chi connectivity index (χ2v) is 8.22. The van der Waals surface area contributed by atoms with Crippen molar-refractivity contribution in [1.29, 1.82) is 0 Å². The Hall–Kier alpha value is -2.96. The second kappa shape index (κ2) is 7.81. The third-order valence-corrected chi connectivity index (χ3v) is 5.82. The average Bonchev–Trinajstić information content (AvgIpc) is 3.27. The molecule has 0 spiro atoms. The molecule has 3 heterocycles. The topological polar surface area (TPSA) is 77.1 Å². The molecular formula is C22H25N5O2. The van der Waals surface area contributed by atoms with Gasteiger partial charge in [0.1, 0.15) is 0 Å². The molecule has 1 atom stereocenters. The van der Waals surface area contributed by atoms with Crippen molar-refractivity contribution in [2.24, 2.45) is 5.92 Å². The third-order valence-electron chi connectivity index (χ3n) is 5.82. The summed E-state index contributed by atoms with van der Waals surface area (Å²) in [6.45, 7) is 2.31. The molecule has 1 aliphatic carbocycles. The van der Waals surface area contributed by atoms with Crippen molar-refractivity contribution >= 4 is 5.91 Å². The van der Waals surface area contributed by atoms with Crippen LogP contribution < -0.4 is 0 Å². The molecule has 2 fully saturated rings. The molecule has 1 aliphatic heterocycles.